The average Bonchev–Trinajstić information content (AvgIpc) is 2.84. The molecule has 1 saturated heterocycles. The zero-order valence-electron chi connectivity index (χ0n) is 20.0. The highest BCUT2D eigenvalue weighted by Gasteiger charge is 2.22. The fourth-order valence-corrected chi connectivity index (χ4v) is 4.41. The van der Waals surface area contributed by atoms with E-state index in [9.17, 15) is 9.59 Å². The van der Waals surface area contributed by atoms with Crippen molar-refractivity contribution in [3.05, 3.63) is 46.6 Å². The summed E-state index contributed by atoms with van der Waals surface area (Å²) in [7, 11) is 2.95. The first-order valence-electron chi connectivity index (χ1n) is 11.1. The quantitative estimate of drug-likeness (QED) is 0.461. The highest BCUT2D eigenvalue weighted by molar-refractivity contribution is 7.99. The Hall–Kier alpha value is -3.37. The van der Waals surface area contributed by atoms with E-state index >= 15 is 0 Å². The molecule has 1 aliphatic heterocycles. The molecule has 0 aliphatic carbocycles. The van der Waals surface area contributed by atoms with Gasteiger partial charge in [0.1, 0.15) is 16.7 Å². The van der Waals surface area contributed by atoms with Crippen LogP contribution in [0, 0.1) is 0 Å². The van der Waals surface area contributed by atoms with E-state index in [-0.39, 0.29) is 22.7 Å². The molecule has 0 spiro atoms. The minimum Gasteiger partial charge on any atom is -0.492 e. The summed E-state index contributed by atoms with van der Waals surface area (Å²) in [5, 5.41) is 0.665. The monoisotopic (exact) mass is 501 g/mol. The predicted octanol–water partition coefficient (Wildman–Crippen LogP) is 4.58. The van der Waals surface area contributed by atoms with Crippen LogP contribution >= 0.6 is 11.8 Å². The van der Waals surface area contributed by atoms with Crippen LogP contribution in [-0.4, -0.2) is 57.6 Å². The third-order valence-electron chi connectivity index (χ3n) is 5.16. The van der Waals surface area contributed by atoms with Gasteiger partial charge in [-0.1, -0.05) is 11.8 Å². The number of ether oxygens (including phenoxy) is 5. The number of hydrogen-bond donors (Lipinski definition) is 0. The molecule has 1 aliphatic rings. The van der Waals surface area contributed by atoms with E-state index in [0.29, 0.717) is 54.2 Å². The zero-order chi connectivity index (χ0) is 24.9. The van der Waals surface area contributed by atoms with E-state index in [2.05, 4.69) is 0 Å². The Labute approximate surface area is 206 Å². The summed E-state index contributed by atoms with van der Waals surface area (Å²) in [6, 6.07) is 10.0. The molecule has 0 radical (unpaired) electrons. The standard InChI is InChI=1S/C25H27NO8S/c1-15(2)32-20-14-19-22(24(30-4)23(20)29-3)18(27)13-21(34-19)35-17-7-5-16(6-8-17)33-25(28)26-9-11-31-12-10-26/h5-8,13-15H,9-12H2,1-4H3. The van der Waals surface area contributed by atoms with Crippen molar-refractivity contribution >= 4 is 28.8 Å². The van der Waals surface area contributed by atoms with Gasteiger partial charge in [0.05, 0.1) is 33.5 Å². The van der Waals surface area contributed by atoms with Gasteiger partial charge >= 0.3 is 6.09 Å². The second-order valence-electron chi connectivity index (χ2n) is 7.95. The molecule has 3 aromatic rings. The maximum atomic E-state index is 13.0. The fraction of sp³-hybridized carbons (Fsp3) is 0.360. The van der Waals surface area contributed by atoms with Gasteiger partial charge in [0.2, 0.25) is 5.75 Å². The van der Waals surface area contributed by atoms with Gasteiger partial charge in [0, 0.05) is 30.1 Å². The van der Waals surface area contributed by atoms with Crippen LogP contribution in [0.4, 0.5) is 4.79 Å². The second kappa shape index (κ2) is 10.9. The molecule has 0 atom stereocenters. The number of nitrogens with zero attached hydrogens (tertiary/aromatic N) is 1. The summed E-state index contributed by atoms with van der Waals surface area (Å²) in [5.74, 6) is 1.45. The van der Waals surface area contributed by atoms with Gasteiger partial charge < -0.3 is 33.0 Å². The van der Waals surface area contributed by atoms with Gasteiger partial charge in [-0.25, -0.2) is 4.79 Å². The molecule has 0 unspecified atom stereocenters. The predicted molar refractivity (Wildman–Crippen MR) is 130 cm³/mol. The van der Waals surface area contributed by atoms with Crippen LogP contribution in [0.25, 0.3) is 11.0 Å². The minimum atomic E-state index is -0.405. The van der Waals surface area contributed by atoms with E-state index < -0.39 is 6.09 Å². The molecule has 1 amide bonds. The number of carbonyl (C=O) groups is 1. The van der Waals surface area contributed by atoms with E-state index in [4.69, 9.17) is 28.1 Å². The Morgan fingerprint density at radius 1 is 1.03 bits per heavy atom. The van der Waals surface area contributed by atoms with Gasteiger partial charge in [0.25, 0.3) is 0 Å². The summed E-state index contributed by atoms with van der Waals surface area (Å²) < 4.78 is 33.5. The molecule has 0 saturated carbocycles. The molecular weight excluding hydrogens is 474 g/mol. The van der Waals surface area contributed by atoms with Crippen LogP contribution in [0.3, 0.4) is 0 Å². The first kappa shape index (κ1) is 24.7. The highest BCUT2D eigenvalue weighted by Crippen LogP contribution is 2.43. The lowest BCUT2D eigenvalue weighted by Gasteiger charge is -2.25. The average molecular weight is 502 g/mol. The normalized spacial score (nSPS) is 13.7. The number of benzene rings is 2. The van der Waals surface area contributed by atoms with Crippen molar-refractivity contribution in [2.75, 3.05) is 40.5 Å². The Morgan fingerprint density at radius 3 is 2.34 bits per heavy atom. The minimum absolute atomic E-state index is 0.119. The molecule has 186 valence electrons. The number of hydrogen-bond acceptors (Lipinski definition) is 9. The summed E-state index contributed by atoms with van der Waals surface area (Å²) in [4.78, 5) is 27.6. The maximum Gasteiger partial charge on any atom is 0.415 e. The number of amides is 1. The van der Waals surface area contributed by atoms with Crippen molar-refractivity contribution < 1.29 is 32.9 Å². The van der Waals surface area contributed by atoms with Crippen LogP contribution in [-0.2, 0) is 4.74 Å². The molecular formula is C25H27NO8S. The maximum absolute atomic E-state index is 13.0. The summed E-state index contributed by atoms with van der Waals surface area (Å²) in [6.07, 6.45) is -0.524. The van der Waals surface area contributed by atoms with Gasteiger partial charge in [-0.05, 0) is 38.1 Å². The van der Waals surface area contributed by atoms with Crippen LogP contribution in [0.15, 0.2) is 55.6 Å². The van der Waals surface area contributed by atoms with E-state index in [1.807, 2.05) is 13.8 Å². The van der Waals surface area contributed by atoms with E-state index in [0.717, 1.165) is 4.90 Å². The fourth-order valence-electron chi connectivity index (χ4n) is 3.61. The first-order valence-corrected chi connectivity index (χ1v) is 11.9. The Kier molecular flexibility index (Phi) is 7.72. The molecule has 2 heterocycles. The Morgan fingerprint density at radius 2 is 1.71 bits per heavy atom. The summed E-state index contributed by atoms with van der Waals surface area (Å²) in [6.45, 7) is 5.81. The second-order valence-corrected chi connectivity index (χ2v) is 9.03. The molecule has 4 rings (SSSR count). The third-order valence-corrected chi connectivity index (χ3v) is 6.07. The summed E-state index contributed by atoms with van der Waals surface area (Å²) >= 11 is 1.27. The Balaban J connectivity index is 1.57. The SMILES string of the molecule is COc1c(OC(C)C)cc2oc(Sc3ccc(OC(=O)N4CCOCC4)cc3)cc(=O)c2c1OC. The number of morpholine rings is 1. The first-order chi connectivity index (χ1) is 16.9. The lowest BCUT2D eigenvalue weighted by molar-refractivity contribution is 0.0416. The lowest BCUT2D eigenvalue weighted by atomic mass is 10.1. The molecule has 35 heavy (non-hydrogen) atoms. The van der Waals surface area contributed by atoms with Crippen molar-refractivity contribution in [3.8, 4) is 23.0 Å². The van der Waals surface area contributed by atoms with Crippen molar-refractivity contribution in [1.29, 1.82) is 0 Å². The number of rotatable bonds is 7. The van der Waals surface area contributed by atoms with Crippen LogP contribution in [0.5, 0.6) is 23.0 Å². The molecule has 1 fully saturated rings. The van der Waals surface area contributed by atoms with Crippen molar-refractivity contribution in [2.45, 2.75) is 29.9 Å². The Bertz CT molecular complexity index is 1250. The van der Waals surface area contributed by atoms with Crippen LogP contribution in [0.1, 0.15) is 13.8 Å². The van der Waals surface area contributed by atoms with Gasteiger partial charge in [-0.3, -0.25) is 4.79 Å². The topological polar surface area (TPSA) is 96.7 Å². The highest BCUT2D eigenvalue weighted by atomic mass is 32.2. The molecule has 0 N–H and O–H groups in total. The van der Waals surface area contributed by atoms with Crippen molar-refractivity contribution in [1.82, 2.24) is 4.90 Å². The zero-order valence-corrected chi connectivity index (χ0v) is 20.8. The van der Waals surface area contributed by atoms with Gasteiger partial charge in [-0.15, -0.1) is 0 Å². The molecule has 10 heteroatoms. The molecule has 0 bridgehead atoms. The van der Waals surface area contributed by atoms with Gasteiger partial charge in [0.15, 0.2) is 22.0 Å². The van der Waals surface area contributed by atoms with E-state index in [1.165, 1.54) is 32.0 Å². The number of methoxy groups -OCH3 is 2. The number of carbonyl (C=O) groups excluding carboxylic acids is 1. The summed E-state index contributed by atoms with van der Waals surface area (Å²) in [5.41, 5.74) is 0.0559. The van der Waals surface area contributed by atoms with Crippen LogP contribution in [0.2, 0.25) is 0 Å². The number of fused-ring (bicyclic) bond motifs is 1. The van der Waals surface area contributed by atoms with Gasteiger partial charge in [-0.2, -0.15) is 0 Å². The van der Waals surface area contributed by atoms with Crippen LogP contribution < -0.4 is 24.4 Å². The van der Waals surface area contributed by atoms with E-state index in [1.54, 1.807) is 35.2 Å². The molecule has 1 aromatic heterocycles. The van der Waals surface area contributed by atoms with Crippen molar-refractivity contribution in [2.24, 2.45) is 0 Å². The third kappa shape index (κ3) is 5.66. The smallest absolute Gasteiger partial charge is 0.415 e. The largest absolute Gasteiger partial charge is 0.492 e. The molecule has 9 nitrogen and oxygen atoms in total. The lowest BCUT2D eigenvalue weighted by Crippen LogP contribution is -2.42. The van der Waals surface area contributed by atoms with Crippen molar-refractivity contribution in [3.63, 3.8) is 0 Å². The molecule has 2 aromatic carbocycles.